The Kier molecular flexibility index (Phi) is 13.2. The zero-order valence-corrected chi connectivity index (χ0v) is 11.7. The summed E-state index contributed by atoms with van der Waals surface area (Å²) >= 11 is 0. The van der Waals surface area contributed by atoms with E-state index in [2.05, 4.69) is 49.9 Å². The molecule has 0 aromatic heterocycles. The summed E-state index contributed by atoms with van der Waals surface area (Å²) in [5.74, 6) is 0. The monoisotopic (exact) mass is 265 g/mol. The molecule has 0 saturated carbocycles. The zero-order valence-electron chi connectivity index (χ0n) is 11.7. The number of likely N-dealkylation sites (tertiary alicyclic amines) is 1. The number of aryl methyl sites for hydroxylation is 2. The third kappa shape index (κ3) is 8.83. The molecule has 1 heteroatoms. The van der Waals surface area contributed by atoms with Crippen molar-refractivity contribution < 1.29 is 0 Å². The molecule has 2 rings (SSSR count). The highest BCUT2D eigenvalue weighted by atomic mass is 15.1. The second-order valence-corrected chi connectivity index (χ2v) is 4.83. The summed E-state index contributed by atoms with van der Waals surface area (Å²) in [4.78, 5) is 2.52. The van der Waals surface area contributed by atoms with Crippen LogP contribution in [0.25, 0.3) is 0 Å². The Hall–Kier alpha value is -0.820. The molecule has 19 heavy (non-hydrogen) atoms. The molecule has 1 nitrogen and oxygen atoms in total. The molecule has 0 radical (unpaired) electrons. The van der Waals surface area contributed by atoms with Gasteiger partial charge in [-0.2, -0.15) is 0 Å². The molecular formula is C18H35N. The topological polar surface area (TPSA) is 3.24 Å². The fourth-order valence-corrected chi connectivity index (χ4v) is 2.10. The van der Waals surface area contributed by atoms with Crippen molar-refractivity contribution in [2.75, 3.05) is 19.6 Å². The fourth-order valence-electron chi connectivity index (χ4n) is 2.10. The highest BCUT2D eigenvalue weighted by Crippen LogP contribution is 2.06. The molecular weight excluding hydrogens is 230 g/mol. The summed E-state index contributed by atoms with van der Waals surface area (Å²) in [6.07, 6.45) is 5.44. The lowest BCUT2D eigenvalue weighted by molar-refractivity contribution is 0.240. The molecule has 1 fully saturated rings. The Balaban J connectivity index is 0. The molecule has 1 aromatic rings. The average Bonchev–Trinajstić information content (AvgIpc) is 2.41. The largest absolute Gasteiger partial charge is 0.304 e. The molecule has 0 aliphatic carbocycles. The Morgan fingerprint density at radius 3 is 1.79 bits per heavy atom. The highest BCUT2D eigenvalue weighted by molar-refractivity contribution is 5.20. The van der Waals surface area contributed by atoms with E-state index in [4.69, 9.17) is 0 Å². The fraction of sp³-hybridized carbons (Fsp3) is 0.667. The Labute approximate surface area is 122 Å². The number of rotatable bonds is 2. The van der Waals surface area contributed by atoms with Crippen LogP contribution in [0.3, 0.4) is 0 Å². The van der Waals surface area contributed by atoms with Crippen molar-refractivity contribution in [3.8, 4) is 0 Å². The van der Waals surface area contributed by atoms with Crippen molar-refractivity contribution in [3.05, 3.63) is 35.4 Å². The molecule has 0 bridgehead atoms. The first kappa shape index (κ1) is 20.5. The van der Waals surface area contributed by atoms with Crippen LogP contribution in [0.4, 0.5) is 0 Å². The minimum absolute atomic E-state index is 0. The lowest BCUT2D eigenvalue weighted by atomic mass is 10.1. The lowest BCUT2D eigenvalue weighted by Gasteiger charge is -2.24. The maximum atomic E-state index is 2.52. The molecule has 1 aliphatic rings. The van der Waals surface area contributed by atoms with Crippen molar-refractivity contribution >= 4 is 0 Å². The Morgan fingerprint density at radius 1 is 0.895 bits per heavy atom. The van der Waals surface area contributed by atoms with Gasteiger partial charge in [-0.25, -0.2) is 0 Å². The standard InChI is InChI=1S/C9H12.C7H15N.2CH4/c1-3-9-6-4-8(2)5-7-9;1-2-8-6-4-3-5-7-8;;/h4-7H,3H2,1-2H3;2-7H2,1H3;2*1H4. The van der Waals surface area contributed by atoms with E-state index in [-0.39, 0.29) is 14.9 Å². The molecule has 1 aromatic carbocycles. The maximum absolute atomic E-state index is 2.52. The van der Waals surface area contributed by atoms with Crippen LogP contribution in [-0.4, -0.2) is 24.5 Å². The minimum Gasteiger partial charge on any atom is -0.304 e. The van der Waals surface area contributed by atoms with Crippen molar-refractivity contribution in [2.45, 2.75) is 61.3 Å². The summed E-state index contributed by atoms with van der Waals surface area (Å²) in [5, 5.41) is 0. The Bertz CT molecular complexity index is 283. The van der Waals surface area contributed by atoms with Crippen molar-refractivity contribution in [1.82, 2.24) is 4.90 Å². The van der Waals surface area contributed by atoms with Crippen LogP contribution in [0.2, 0.25) is 0 Å². The van der Waals surface area contributed by atoms with Crippen LogP contribution in [0.5, 0.6) is 0 Å². The predicted molar refractivity (Wildman–Crippen MR) is 90.0 cm³/mol. The quantitative estimate of drug-likeness (QED) is 0.699. The van der Waals surface area contributed by atoms with Crippen molar-refractivity contribution in [3.63, 3.8) is 0 Å². The Morgan fingerprint density at radius 2 is 1.42 bits per heavy atom. The van der Waals surface area contributed by atoms with E-state index in [1.54, 1.807) is 0 Å². The van der Waals surface area contributed by atoms with Gasteiger partial charge in [-0.3, -0.25) is 0 Å². The SMILES string of the molecule is C.C.CCN1CCCCC1.CCc1ccc(C)cc1. The number of nitrogens with zero attached hydrogens (tertiary/aromatic N) is 1. The van der Waals surface area contributed by atoms with Gasteiger partial charge in [0.15, 0.2) is 0 Å². The summed E-state index contributed by atoms with van der Waals surface area (Å²) in [5.41, 5.74) is 2.76. The number of hydrogen-bond donors (Lipinski definition) is 0. The van der Waals surface area contributed by atoms with Crippen LogP contribution in [0, 0.1) is 6.92 Å². The normalized spacial score (nSPS) is 14.5. The van der Waals surface area contributed by atoms with Gasteiger partial charge in [0, 0.05) is 0 Å². The first-order chi connectivity index (χ1) is 8.26. The van der Waals surface area contributed by atoms with Gasteiger partial charge in [0.1, 0.15) is 0 Å². The van der Waals surface area contributed by atoms with E-state index in [0.29, 0.717) is 0 Å². The third-order valence-corrected chi connectivity index (χ3v) is 3.42. The summed E-state index contributed by atoms with van der Waals surface area (Å²) in [7, 11) is 0. The van der Waals surface area contributed by atoms with Gasteiger partial charge in [-0.05, 0) is 51.4 Å². The second-order valence-electron chi connectivity index (χ2n) is 4.83. The molecule has 0 N–H and O–H groups in total. The molecule has 112 valence electrons. The van der Waals surface area contributed by atoms with Gasteiger partial charge in [-0.15, -0.1) is 0 Å². The summed E-state index contributed by atoms with van der Waals surface area (Å²) < 4.78 is 0. The summed E-state index contributed by atoms with van der Waals surface area (Å²) in [6.45, 7) is 10.5. The van der Waals surface area contributed by atoms with E-state index in [1.807, 2.05) is 0 Å². The van der Waals surface area contributed by atoms with Gasteiger partial charge in [0.05, 0.1) is 0 Å². The van der Waals surface area contributed by atoms with Crippen LogP contribution < -0.4 is 0 Å². The first-order valence-electron chi connectivity index (χ1n) is 7.04. The van der Waals surface area contributed by atoms with E-state index >= 15 is 0 Å². The van der Waals surface area contributed by atoms with Crippen LogP contribution in [0.15, 0.2) is 24.3 Å². The van der Waals surface area contributed by atoms with Gasteiger partial charge in [0.2, 0.25) is 0 Å². The summed E-state index contributed by atoms with van der Waals surface area (Å²) in [6, 6.07) is 8.66. The average molecular weight is 265 g/mol. The van der Waals surface area contributed by atoms with Gasteiger partial charge < -0.3 is 4.90 Å². The molecule has 1 heterocycles. The van der Waals surface area contributed by atoms with Crippen LogP contribution in [-0.2, 0) is 6.42 Å². The van der Waals surface area contributed by atoms with Crippen molar-refractivity contribution in [2.24, 2.45) is 0 Å². The molecule has 0 atom stereocenters. The van der Waals surface area contributed by atoms with Gasteiger partial charge in [-0.1, -0.05) is 65.0 Å². The molecule has 0 amide bonds. The lowest BCUT2D eigenvalue weighted by Crippen LogP contribution is -2.29. The zero-order chi connectivity index (χ0) is 12.5. The third-order valence-electron chi connectivity index (χ3n) is 3.42. The number of hydrogen-bond acceptors (Lipinski definition) is 1. The number of benzene rings is 1. The first-order valence-corrected chi connectivity index (χ1v) is 7.04. The predicted octanol–water partition coefficient (Wildman–Crippen LogP) is 5.32. The van der Waals surface area contributed by atoms with E-state index < -0.39 is 0 Å². The highest BCUT2D eigenvalue weighted by Gasteiger charge is 2.05. The van der Waals surface area contributed by atoms with E-state index in [0.717, 1.165) is 6.42 Å². The van der Waals surface area contributed by atoms with Crippen LogP contribution in [0.1, 0.15) is 59.1 Å². The van der Waals surface area contributed by atoms with E-state index in [9.17, 15) is 0 Å². The molecule has 0 spiro atoms. The second kappa shape index (κ2) is 12.2. The molecule has 0 unspecified atom stereocenters. The maximum Gasteiger partial charge on any atom is -0.00188 e. The molecule has 1 saturated heterocycles. The smallest absolute Gasteiger partial charge is 0.00188 e. The van der Waals surface area contributed by atoms with Gasteiger partial charge in [0.25, 0.3) is 0 Å². The molecule has 1 aliphatic heterocycles. The van der Waals surface area contributed by atoms with Crippen molar-refractivity contribution in [1.29, 1.82) is 0 Å². The van der Waals surface area contributed by atoms with Crippen LogP contribution >= 0.6 is 0 Å². The van der Waals surface area contributed by atoms with Gasteiger partial charge >= 0.3 is 0 Å². The number of piperidine rings is 1. The van der Waals surface area contributed by atoms with E-state index in [1.165, 1.54) is 50.0 Å². The minimum atomic E-state index is 0.